The average Bonchev–Trinajstić information content (AvgIpc) is 2.20. The fraction of sp³-hybridized carbons (Fsp3) is 0.500. The molecule has 1 unspecified atom stereocenters. The van der Waals surface area contributed by atoms with Crippen molar-refractivity contribution in [1.29, 1.82) is 0 Å². The van der Waals surface area contributed by atoms with Crippen molar-refractivity contribution in [3.05, 3.63) is 29.8 Å². The van der Waals surface area contributed by atoms with E-state index in [1.54, 1.807) is 0 Å². The summed E-state index contributed by atoms with van der Waals surface area (Å²) in [5, 5.41) is 0. The van der Waals surface area contributed by atoms with Crippen molar-refractivity contribution in [3.63, 3.8) is 0 Å². The summed E-state index contributed by atoms with van der Waals surface area (Å²) in [6.07, 6.45) is 3.36. The maximum absolute atomic E-state index is 13.5. The van der Waals surface area contributed by atoms with Crippen LogP contribution in [0.25, 0.3) is 0 Å². The van der Waals surface area contributed by atoms with Gasteiger partial charge in [-0.1, -0.05) is 0 Å². The summed E-state index contributed by atoms with van der Waals surface area (Å²) < 4.78 is 26.3. The van der Waals surface area contributed by atoms with Crippen LogP contribution >= 0.6 is 0 Å². The molecule has 1 saturated heterocycles. The fourth-order valence-corrected chi connectivity index (χ4v) is 2.17. The molecule has 82 valence electrons. The van der Waals surface area contributed by atoms with Gasteiger partial charge in [-0.3, -0.25) is 0 Å². The first-order valence-electron chi connectivity index (χ1n) is 5.40. The van der Waals surface area contributed by atoms with Crippen LogP contribution < -0.4 is 4.90 Å². The molecular weight excluding hydrogens is 196 g/mol. The molecule has 15 heavy (non-hydrogen) atoms. The summed E-state index contributed by atoms with van der Waals surface area (Å²) in [6, 6.07) is 4.15. The Morgan fingerprint density at radius 2 is 2.07 bits per heavy atom. The van der Waals surface area contributed by atoms with Crippen LogP contribution in [-0.4, -0.2) is 12.6 Å². The fourth-order valence-electron chi connectivity index (χ4n) is 2.17. The maximum atomic E-state index is 13.5. The van der Waals surface area contributed by atoms with Gasteiger partial charge in [-0.15, -0.1) is 0 Å². The Bertz CT molecular complexity index is 351. The number of hydrogen-bond donors (Lipinski definition) is 0. The molecule has 1 atom stereocenters. The van der Waals surface area contributed by atoms with E-state index < -0.39 is 11.6 Å². The van der Waals surface area contributed by atoms with Gasteiger partial charge in [0.05, 0.1) is 5.69 Å². The summed E-state index contributed by atoms with van der Waals surface area (Å²) in [5.74, 6) is -0.968. The number of hydrogen-bond acceptors (Lipinski definition) is 1. The van der Waals surface area contributed by atoms with Gasteiger partial charge in [0.25, 0.3) is 0 Å². The topological polar surface area (TPSA) is 3.24 Å². The zero-order valence-corrected chi connectivity index (χ0v) is 8.84. The molecular formula is C12H15F2N. The first kappa shape index (κ1) is 10.4. The van der Waals surface area contributed by atoms with E-state index in [1.165, 1.54) is 18.6 Å². The molecule has 0 bridgehead atoms. The Balaban J connectivity index is 2.27. The lowest BCUT2D eigenvalue weighted by Gasteiger charge is -2.35. The van der Waals surface area contributed by atoms with E-state index in [0.29, 0.717) is 11.7 Å². The van der Waals surface area contributed by atoms with Gasteiger partial charge < -0.3 is 4.90 Å². The standard InChI is InChI=1S/C12H15F2N/c1-9-4-2-3-7-15(9)12-6-5-10(13)8-11(12)14/h5-6,8-9H,2-4,7H2,1H3. The molecule has 1 nitrogen and oxygen atoms in total. The van der Waals surface area contributed by atoms with Crippen LogP contribution in [0, 0.1) is 11.6 Å². The Labute approximate surface area is 88.7 Å². The van der Waals surface area contributed by atoms with Gasteiger partial charge in [-0.05, 0) is 38.3 Å². The molecule has 0 radical (unpaired) electrons. The summed E-state index contributed by atoms with van der Waals surface area (Å²) in [5.41, 5.74) is 0.531. The Kier molecular flexibility index (Phi) is 2.89. The van der Waals surface area contributed by atoms with Crippen molar-refractivity contribution in [3.8, 4) is 0 Å². The number of halogens is 2. The highest BCUT2D eigenvalue weighted by atomic mass is 19.1. The Morgan fingerprint density at radius 1 is 1.27 bits per heavy atom. The second-order valence-corrected chi connectivity index (χ2v) is 4.13. The number of rotatable bonds is 1. The highest BCUT2D eigenvalue weighted by Crippen LogP contribution is 2.27. The van der Waals surface area contributed by atoms with Crippen LogP contribution in [-0.2, 0) is 0 Å². The Hall–Kier alpha value is -1.12. The van der Waals surface area contributed by atoms with Gasteiger partial charge >= 0.3 is 0 Å². The molecule has 0 spiro atoms. The highest BCUT2D eigenvalue weighted by Gasteiger charge is 2.21. The van der Waals surface area contributed by atoms with Crippen molar-refractivity contribution in [2.24, 2.45) is 0 Å². The van der Waals surface area contributed by atoms with E-state index in [2.05, 4.69) is 6.92 Å². The van der Waals surface area contributed by atoms with Crippen molar-refractivity contribution in [2.75, 3.05) is 11.4 Å². The lowest BCUT2D eigenvalue weighted by atomic mass is 10.0. The average molecular weight is 211 g/mol. The Morgan fingerprint density at radius 3 is 2.73 bits per heavy atom. The lowest BCUT2D eigenvalue weighted by Crippen LogP contribution is -2.37. The van der Waals surface area contributed by atoms with E-state index in [0.717, 1.165) is 25.5 Å². The third-order valence-electron chi connectivity index (χ3n) is 3.02. The maximum Gasteiger partial charge on any atom is 0.149 e. The molecule has 0 N–H and O–H groups in total. The molecule has 0 aromatic heterocycles. The summed E-state index contributed by atoms with van der Waals surface area (Å²) in [7, 11) is 0. The largest absolute Gasteiger partial charge is 0.366 e. The van der Waals surface area contributed by atoms with Gasteiger partial charge in [0.15, 0.2) is 0 Å². The van der Waals surface area contributed by atoms with Crippen LogP contribution in [0.4, 0.5) is 14.5 Å². The molecule has 0 amide bonds. The second-order valence-electron chi connectivity index (χ2n) is 4.13. The molecule has 1 fully saturated rings. The van der Waals surface area contributed by atoms with Crippen molar-refractivity contribution >= 4 is 5.69 Å². The first-order valence-corrected chi connectivity index (χ1v) is 5.40. The summed E-state index contributed by atoms with van der Waals surface area (Å²) >= 11 is 0. The van der Waals surface area contributed by atoms with E-state index in [9.17, 15) is 8.78 Å². The van der Waals surface area contributed by atoms with Gasteiger partial charge in [0, 0.05) is 18.7 Å². The van der Waals surface area contributed by atoms with Crippen LogP contribution in [0.15, 0.2) is 18.2 Å². The molecule has 0 saturated carbocycles. The molecule has 1 aliphatic rings. The number of benzene rings is 1. The predicted octanol–water partition coefficient (Wildman–Crippen LogP) is 3.34. The molecule has 1 aromatic rings. The monoisotopic (exact) mass is 211 g/mol. The van der Waals surface area contributed by atoms with E-state index in [-0.39, 0.29) is 0 Å². The first-order chi connectivity index (χ1) is 7.18. The quantitative estimate of drug-likeness (QED) is 0.688. The van der Waals surface area contributed by atoms with Crippen molar-refractivity contribution < 1.29 is 8.78 Å². The molecule has 3 heteroatoms. The minimum Gasteiger partial charge on any atom is -0.366 e. The SMILES string of the molecule is CC1CCCCN1c1ccc(F)cc1F. The zero-order chi connectivity index (χ0) is 10.8. The predicted molar refractivity (Wildman–Crippen MR) is 57.0 cm³/mol. The molecule has 1 aromatic carbocycles. The molecule has 1 heterocycles. The lowest BCUT2D eigenvalue weighted by molar-refractivity contribution is 0.474. The van der Waals surface area contributed by atoms with E-state index >= 15 is 0 Å². The second kappa shape index (κ2) is 4.17. The molecule has 0 aliphatic carbocycles. The van der Waals surface area contributed by atoms with Crippen LogP contribution in [0.1, 0.15) is 26.2 Å². The minimum absolute atomic E-state index is 0.346. The third-order valence-corrected chi connectivity index (χ3v) is 3.02. The zero-order valence-electron chi connectivity index (χ0n) is 8.84. The number of piperidine rings is 1. The molecule has 1 aliphatic heterocycles. The molecule has 2 rings (SSSR count). The van der Waals surface area contributed by atoms with Gasteiger partial charge in [-0.25, -0.2) is 8.78 Å². The normalized spacial score (nSPS) is 21.8. The van der Waals surface area contributed by atoms with Gasteiger partial charge in [0.1, 0.15) is 11.6 Å². The summed E-state index contributed by atoms with van der Waals surface area (Å²) in [6.45, 7) is 2.95. The summed E-state index contributed by atoms with van der Waals surface area (Å²) in [4.78, 5) is 2.03. The van der Waals surface area contributed by atoms with Crippen LogP contribution in [0.3, 0.4) is 0 Å². The smallest absolute Gasteiger partial charge is 0.149 e. The van der Waals surface area contributed by atoms with Crippen LogP contribution in [0.5, 0.6) is 0 Å². The van der Waals surface area contributed by atoms with Gasteiger partial charge in [-0.2, -0.15) is 0 Å². The van der Waals surface area contributed by atoms with E-state index in [1.807, 2.05) is 4.90 Å². The number of nitrogens with zero attached hydrogens (tertiary/aromatic N) is 1. The van der Waals surface area contributed by atoms with Crippen molar-refractivity contribution in [1.82, 2.24) is 0 Å². The number of anilines is 1. The third kappa shape index (κ3) is 2.11. The van der Waals surface area contributed by atoms with Crippen LogP contribution in [0.2, 0.25) is 0 Å². The minimum atomic E-state index is -0.513. The van der Waals surface area contributed by atoms with Gasteiger partial charge in [0.2, 0.25) is 0 Å². The van der Waals surface area contributed by atoms with E-state index in [4.69, 9.17) is 0 Å². The highest BCUT2D eigenvalue weighted by molar-refractivity contribution is 5.49. The van der Waals surface area contributed by atoms with Crippen molar-refractivity contribution in [2.45, 2.75) is 32.2 Å².